The van der Waals surface area contributed by atoms with E-state index in [1.807, 2.05) is 39.0 Å². The largest absolute Gasteiger partial charge is 0.496 e. The van der Waals surface area contributed by atoms with E-state index in [1.54, 1.807) is 24.0 Å². The minimum atomic E-state index is -0.678. The van der Waals surface area contributed by atoms with Crippen molar-refractivity contribution in [3.8, 4) is 5.75 Å². The molecule has 0 unspecified atom stereocenters. The maximum absolute atomic E-state index is 14.6. The molecule has 1 aliphatic rings. The molecular formula is C29H32BrClF2N2O4S. The van der Waals surface area contributed by atoms with Crippen molar-refractivity contribution < 1.29 is 27.8 Å². The van der Waals surface area contributed by atoms with Crippen molar-refractivity contribution in [2.75, 3.05) is 14.2 Å². The SMILES string of the molecule is COc1ccc(Br)cc1CN(C(=O)c1sc2c(F)ccc(F)c2c1Cl)C1CCC(N(C)C(=O)OC(C)(C)C)CC1. The van der Waals surface area contributed by atoms with E-state index in [1.165, 1.54) is 0 Å². The quantitative estimate of drug-likeness (QED) is 0.267. The molecule has 1 aromatic heterocycles. The Morgan fingerprint density at radius 2 is 1.70 bits per heavy atom. The number of carbonyl (C=O) groups excluding carboxylic acids is 2. The third kappa shape index (κ3) is 6.55. The van der Waals surface area contributed by atoms with E-state index in [0.717, 1.165) is 33.5 Å². The average Bonchev–Trinajstić information content (AvgIpc) is 3.26. The number of ether oxygens (including phenoxy) is 2. The van der Waals surface area contributed by atoms with Crippen molar-refractivity contribution in [1.29, 1.82) is 0 Å². The predicted octanol–water partition coefficient (Wildman–Crippen LogP) is 8.42. The second-order valence-electron chi connectivity index (χ2n) is 10.9. The highest BCUT2D eigenvalue weighted by molar-refractivity contribution is 9.10. The van der Waals surface area contributed by atoms with Gasteiger partial charge in [-0.25, -0.2) is 13.6 Å². The van der Waals surface area contributed by atoms with Crippen LogP contribution in [0.15, 0.2) is 34.8 Å². The summed E-state index contributed by atoms with van der Waals surface area (Å²) in [6.07, 6.45) is 2.16. The summed E-state index contributed by atoms with van der Waals surface area (Å²) in [7, 11) is 3.29. The van der Waals surface area contributed by atoms with Crippen LogP contribution in [0.4, 0.5) is 13.6 Å². The highest BCUT2D eigenvalue weighted by atomic mass is 79.9. The number of hydrogen-bond donors (Lipinski definition) is 0. The molecule has 40 heavy (non-hydrogen) atoms. The molecule has 0 radical (unpaired) electrons. The van der Waals surface area contributed by atoms with Gasteiger partial charge in [0.2, 0.25) is 0 Å². The Bertz CT molecular complexity index is 1420. The molecule has 1 heterocycles. The van der Waals surface area contributed by atoms with Crippen LogP contribution < -0.4 is 4.74 Å². The van der Waals surface area contributed by atoms with Crippen LogP contribution in [-0.4, -0.2) is 53.6 Å². The number of hydrogen-bond acceptors (Lipinski definition) is 5. The fourth-order valence-corrected chi connectivity index (χ4v) is 6.94. The van der Waals surface area contributed by atoms with Gasteiger partial charge in [0.05, 0.1) is 22.2 Å². The van der Waals surface area contributed by atoms with Crippen LogP contribution in [0.2, 0.25) is 5.02 Å². The van der Waals surface area contributed by atoms with Crippen molar-refractivity contribution in [3.05, 3.63) is 61.9 Å². The fourth-order valence-electron chi connectivity index (χ4n) is 5.03. The normalized spacial score (nSPS) is 17.5. The van der Waals surface area contributed by atoms with Crippen molar-refractivity contribution in [2.45, 2.75) is 70.7 Å². The number of rotatable bonds is 6. The highest BCUT2D eigenvalue weighted by Crippen LogP contribution is 2.40. The third-order valence-corrected chi connectivity index (χ3v) is 9.23. The number of halogens is 4. The van der Waals surface area contributed by atoms with Crippen molar-refractivity contribution in [2.24, 2.45) is 0 Å². The van der Waals surface area contributed by atoms with E-state index in [4.69, 9.17) is 21.1 Å². The number of methoxy groups -OCH3 is 1. The van der Waals surface area contributed by atoms with Gasteiger partial charge >= 0.3 is 6.09 Å². The van der Waals surface area contributed by atoms with Crippen LogP contribution in [0.3, 0.4) is 0 Å². The fraction of sp³-hybridized carbons (Fsp3) is 0.448. The molecule has 0 bridgehead atoms. The molecule has 0 saturated heterocycles. The Hall–Kier alpha value is -2.43. The summed E-state index contributed by atoms with van der Waals surface area (Å²) in [5.74, 6) is -1.11. The van der Waals surface area contributed by atoms with Crippen molar-refractivity contribution in [3.63, 3.8) is 0 Å². The van der Waals surface area contributed by atoms with Gasteiger partial charge in [0.25, 0.3) is 5.91 Å². The van der Waals surface area contributed by atoms with Crippen LogP contribution in [-0.2, 0) is 11.3 Å². The molecule has 1 saturated carbocycles. The van der Waals surface area contributed by atoms with E-state index in [9.17, 15) is 18.4 Å². The van der Waals surface area contributed by atoms with Crippen LogP contribution >= 0.6 is 38.9 Å². The lowest BCUT2D eigenvalue weighted by atomic mass is 9.89. The summed E-state index contributed by atoms with van der Waals surface area (Å²) in [4.78, 5) is 30.1. The van der Waals surface area contributed by atoms with Gasteiger partial charge in [-0.1, -0.05) is 27.5 Å². The minimum Gasteiger partial charge on any atom is -0.496 e. The lowest BCUT2D eigenvalue weighted by Gasteiger charge is -2.40. The molecule has 0 aliphatic heterocycles. The number of fused-ring (bicyclic) bond motifs is 1. The van der Waals surface area contributed by atoms with Gasteiger partial charge in [0, 0.05) is 35.7 Å². The zero-order valence-corrected chi connectivity index (χ0v) is 26.2. The van der Waals surface area contributed by atoms with Crippen LogP contribution in [0.1, 0.15) is 61.7 Å². The summed E-state index contributed by atoms with van der Waals surface area (Å²) >= 11 is 10.9. The molecular weight excluding hydrogens is 626 g/mol. The smallest absolute Gasteiger partial charge is 0.410 e. The zero-order chi connectivity index (χ0) is 29.4. The number of carbonyl (C=O) groups is 2. The second-order valence-corrected chi connectivity index (χ2v) is 13.2. The first-order chi connectivity index (χ1) is 18.8. The van der Waals surface area contributed by atoms with Crippen LogP contribution in [0.5, 0.6) is 5.75 Å². The molecule has 216 valence electrons. The first-order valence-corrected chi connectivity index (χ1v) is 14.9. The molecule has 0 atom stereocenters. The Kier molecular flexibility index (Phi) is 9.31. The summed E-state index contributed by atoms with van der Waals surface area (Å²) in [6, 6.07) is 7.34. The zero-order valence-electron chi connectivity index (χ0n) is 23.0. The summed E-state index contributed by atoms with van der Waals surface area (Å²) < 4.78 is 41.1. The third-order valence-electron chi connectivity index (χ3n) is 7.06. The monoisotopic (exact) mass is 656 g/mol. The van der Waals surface area contributed by atoms with Gasteiger partial charge in [0.1, 0.15) is 27.9 Å². The molecule has 1 fully saturated rings. The summed E-state index contributed by atoms with van der Waals surface area (Å²) in [5, 5.41) is -0.177. The van der Waals surface area contributed by atoms with Crippen LogP contribution in [0.25, 0.3) is 10.1 Å². The summed E-state index contributed by atoms with van der Waals surface area (Å²) in [6.45, 7) is 5.68. The number of amides is 2. The van der Waals surface area contributed by atoms with Gasteiger partial charge < -0.3 is 19.3 Å². The van der Waals surface area contributed by atoms with Crippen molar-refractivity contribution in [1.82, 2.24) is 9.80 Å². The lowest BCUT2D eigenvalue weighted by molar-refractivity contribution is 0.0144. The Labute approximate surface area is 250 Å². The standard InChI is InChI=1S/C29H32BrClF2N2O4S/c1-29(2,3)39-28(37)34(4)18-7-9-19(10-8-18)35(15-16-14-17(30)6-13-22(16)38-5)27(36)26-24(31)23-20(32)11-12-21(33)25(23)40-26/h6,11-14,18-19H,7-10,15H2,1-5H3. The van der Waals surface area contributed by atoms with Gasteiger partial charge in [-0.3, -0.25) is 4.79 Å². The highest BCUT2D eigenvalue weighted by Gasteiger charge is 2.35. The Morgan fingerprint density at radius 3 is 2.30 bits per heavy atom. The van der Waals surface area contributed by atoms with E-state index in [0.29, 0.717) is 31.4 Å². The van der Waals surface area contributed by atoms with E-state index < -0.39 is 23.1 Å². The maximum atomic E-state index is 14.6. The Morgan fingerprint density at radius 1 is 1.07 bits per heavy atom. The van der Waals surface area contributed by atoms with E-state index in [-0.39, 0.29) is 44.7 Å². The molecule has 3 aromatic rings. The van der Waals surface area contributed by atoms with Gasteiger partial charge in [-0.15, -0.1) is 11.3 Å². The van der Waals surface area contributed by atoms with Gasteiger partial charge in [-0.05, 0) is 76.8 Å². The lowest BCUT2D eigenvalue weighted by Crippen LogP contribution is -2.47. The number of benzene rings is 2. The molecule has 4 rings (SSSR count). The molecule has 6 nitrogen and oxygen atoms in total. The minimum absolute atomic E-state index is 0.0102. The van der Waals surface area contributed by atoms with Gasteiger partial charge in [0.15, 0.2) is 0 Å². The number of thiophene rings is 1. The molecule has 0 spiro atoms. The van der Waals surface area contributed by atoms with E-state index in [2.05, 4.69) is 15.9 Å². The summed E-state index contributed by atoms with van der Waals surface area (Å²) in [5.41, 5.74) is 0.171. The average molecular weight is 658 g/mol. The molecule has 2 amide bonds. The topological polar surface area (TPSA) is 59.1 Å². The molecule has 2 aromatic carbocycles. The Balaban J connectivity index is 1.65. The van der Waals surface area contributed by atoms with Gasteiger partial charge in [-0.2, -0.15) is 0 Å². The van der Waals surface area contributed by atoms with E-state index >= 15 is 0 Å². The molecule has 0 N–H and O–H groups in total. The van der Waals surface area contributed by atoms with Crippen molar-refractivity contribution >= 4 is 61.0 Å². The molecule has 11 heteroatoms. The second kappa shape index (κ2) is 12.2. The predicted molar refractivity (Wildman–Crippen MR) is 157 cm³/mol. The first kappa shape index (κ1) is 30.5. The van der Waals surface area contributed by atoms with Crippen LogP contribution in [0, 0.1) is 11.6 Å². The first-order valence-electron chi connectivity index (χ1n) is 13.0. The molecule has 1 aliphatic carbocycles. The number of nitrogens with zero attached hydrogens (tertiary/aromatic N) is 2. The maximum Gasteiger partial charge on any atom is 0.410 e.